The van der Waals surface area contributed by atoms with Crippen LogP contribution in [0.3, 0.4) is 0 Å². The Morgan fingerprint density at radius 2 is 1.88 bits per heavy atom. The zero-order valence-corrected chi connectivity index (χ0v) is 13.5. The Balaban J connectivity index is 1.84. The molecule has 1 aliphatic heterocycles. The summed E-state index contributed by atoms with van der Waals surface area (Å²) in [6, 6.07) is 12.4. The number of nitrogens with one attached hydrogen (secondary N) is 1. The minimum atomic E-state index is -0.974. The summed E-state index contributed by atoms with van der Waals surface area (Å²) in [7, 11) is 0. The number of hydrogen-bond donors (Lipinski definition) is 1. The molecule has 1 aliphatic rings. The van der Waals surface area contributed by atoms with Gasteiger partial charge in [0, 0.05) is 13.1 Å². The molecular weight excluding hydrogens is 326 g/mol. The van der Waals surface area contributed by atoms with E-state index in [1.807, 2.05) is 30.3 Å². The summed E-state index contributed by atoms with van der Waals surface area (Å²) in [6.07, 6.45) is 0.127. The van der Waals surface area contributed by atoms with E-state index in [1.54, 1.807) is 4.90 Å². The van der Waals surface area contributed by atoms with Crippen LogP contribution in [0.4, 0.5) is 8.78 Å². The number of benzene rings is 2. The van der Waals surface area contributed by atoms with Gasteiger partial charge in [-0.25, -0.2) is 8.78 Å². The lowest BCUT2D eigenvalue weighted by molar-refractivity contribution is -0.133. The van der Waals surface area contributed by atoms with Gasteiger partial charge in [-0.1, -0.05) is 36.4 Å². The van der Waals surface area contributed by atoms with Crippen molar-refractivity contribution in [2.24, 2.45) is 0 Å². The summed E-state index contributed by atoms with van der Waals surface area (Å²) in [5.41, 5.74) is 1.28. The van der Waals surface area contributed by atoms with E-state index >= 15 is 0 Å². The van der Waals surface area contributed by atoms with Crippen LogP contribution in [-0.2, 0) is 16.0 Å². The molecule has 2 aromatic rings. The highest BCUT2D eigenvalue weighted by Crippen LogP contribution is 2.26. The molecule has 2 aromatic carbocycles. The predicted molar refractivity (Wildman–Crippen MR) is 88.6 cm³/mol. The third kappa shape index (κ3) is 4.02. The minimum Gasteiger partial charge on any atom is -0.354 e. The maximum atomic E-state index is 13.4. The van der Waals surface area contributed by atoms with E-state index in [0.717, 1.165) is 17.7 Å². The van der Waals surface area contributed by atoms with E-state index in [1.165, 1.54) is 6.07 Å². The summed E-state index contributed by atoms with van der Waals surface area (Å²) in [4.78, 5) is 26.3. The van der Waals surface area contributed by atoms with Gasteiger partial charge in [0.25, 0.3) is 0 Å². The van der Waals surface area contributed by atoms with E-state index < -0.39 is 11.6 Å². The first kappa shape index (κ1) is 17.1. The first-order valence-electron chi connectivity index (χ1n) is 8.09. The second kappa shape index (κ2) is 7.42. The summed E-state index contributed by atoms with van der Waals surface area (Å²) < 4.78 is 26.4. The smallest absolute Gasteiger partial charge is 0.227 e. The molecule has 0 bridgehead atoms. The molecule has 0 radical (unpaired) electrons. The highest BCUT2D eigenvalue weighted by molar-refractivity contribution is 5.82. The number of rotatable bonds is 3. The van der Waals surface area contributed by atoms with Gasteiger partial charge in [-0.2, -0.15) is 0 Å². The van der Waals surface area contributed by atoms with Crippen molar-refractivity contribution in [2.75, 3.05) is 13.1 Å². The van der Waals surface area contributed by atoms with Crippen molar-refractivity contribution in [3.8, 4) is 0 Å². The Bertz CT molecular complexity index is 780. The number of halogens is 2. The first-order chi connectivity index (χ1) is 12.0. The molecule has 1 saturated heterocycles. The van der Waals surface area contributed by atoms with Gasteiger partial charge in [0.2, 0.25) is 11.8 Å². The van der Waals surface area contributed by atoms with Crippen LogP contribution in [0.25, 0.3) is 0 Å². The van der Waals surface area contributed by atoms with E-state index in [9.17, 15) is 18.4 Å². The molecule has 0 aromatic heterocycles. The van der Waals surface area contributed by atoms with Gasteiger partial charge < -0.3 is 10.2 Å². The van der Waals surface area contributed by atoms with Gasteiger partial charge in [0.15, 0.2) is 11.6 Å². The van der Waals surface area contributed by atoms with Crippen LogP contribution in [0.2, 0.25) is 0 Å². The normalized spacial score (nSPS) is 17.8. The molecule has 4 nitrogen and oxygen atoms in total. The van der Waals surface area contributed by atoms with Crippen LogP contribution in [0.15, 0.2) is 48.5 Å². The number of carbonyl (C=O) groups is 2. The standard InChI is InChI=1S/C19H18F2N2O2/c20-15-7-6-13(10-16(15)21)11-19(25)23-9-8-22-18(24)12-17(23)14-4-2-1-3-5-14/h1-7,10,17H,8-9,11-12H2,(H,22,24). The maximum Gasteiger partial charge on any atom is 0.227 e. The summed E-state index contributed by atoms with van der Waals surface area (Å²) in [6.45, 7) is 0.736. The van der Waals surface area contributed by atoms with Crippen molar-refractivity contribution >= 4 is 11.8 Å². The van der Waals surface area contributed by atoms with Crippen LogP contribution in [0.5, 0.6) is 0 Å². The molecule has 0 aliphatic carbocycles. The Labute approximate surface area is 144 Å². The third-order valence-electron chi connectivity index (χ3n) is 4.27. The summed E-state index contributed by atoms with van der Waals surface area (Å²) in [5, 5.41) is 2.77. The fourth-order valence-electron chi connectivity index (χ4n) is 3.03. The topological polar surface area (TPSA) is 49.4 Å². The van der Waals surface area contributed by atoms with E-state index in [4.69, 9.17) is 0 Å². The zero-order valence-electron chi connectivity index (χ0n) is 13.5. The number of amides is 2. The molecule has 1 unspecified atom stereocenters. The zero-order chi connectivity index (χ0) is 17.8. The predicted octanol–water partition coefficient (Wildman–Crippen LogP) is 2.60. The monoisotopic (exact) mass is 344 g/mol. The molecule has 25 heavy (non-hydrogen) atoms. The Hall–Kier alpha value is -2.76. The molecule has 1 N–H and O–H groups in total. The van der Waals surface area contributed by atoms with Crippen LogP contribution < -0.4 is 5.32 Å². The third-order valence-corrected chi connectivity index (χ3v) is 4.27. The number of carbonyl (C=O) groups excluding carboxylic acids is 2. The summed E-state index contributed by atoms with van der Waals surface area (Å²) in [5.74, 6) is -2.26. The fraction of sp³-hybridized carbons (Fsp3) is 0.263. The molecule has 1 atom stereocenters. The molecule has 3 rings (SSSR count). The van der Waals surface area contributed by atoms with Crippen molar-refractivity contribution in [2.45, 2.75) is 18.9 Å². The van der Waals surface area contributed by atoms with Crippen molar-refractivity contribution in [3.05, 3.63) is 71.3 Å². The highest BCUT2D eigenvalue weighted by atomic mass is 19.2. The second-order valence-corrected chi connectivity index (χ2v) is 5.99. The first-order valence-corrected chi connectivity index (χ1v) is 8.09. The lowest BCUT2D eigenvalue weighted by Gasteiger charge is -2.29. The fourth-order valence-corrected chi connectivity index (χ4v) is 3.03. The molecule has 0 spiro atoms. The molecular formula is C19H18F2N2O2. The van der Waals surface area contributed by atoms with Gasteiger partial charge in [-0.3, -0.25) is 9.59 Å². The molecule has 0 saturated carbocycles. The maximum absolute atomic E-state index is 13.4. The molecule has 2 amide bonds. The molecule has 130 valence electrons. The quantitative estimate of drug-likeness (QED) is 0.930. The Morgan fingerprint density at radius 1 is 1.12 bits per heavy atom. The van der Waals surface area contributed by atoms with Gasteiger partial charge in [-0.15, -0.1) is 0 Å². The molecule has 6 heteroatoms. The van der Waals surface area contributed by atoms with Gasteiger partial charge in [-0.05, 0) is 23.3 Å². The minimum absolute atomic E-state index is 0.0469. The van der Waals surface area contributed by atoms with Crippen molar-refractivity contribution in [3.63, 3.8) is 0 Å². The average molecular weight is 344 g/mol. The SMILES string of the molecule is O=C1CC(c2ccccc2)N(C(=O)Cc2ccc(F)c(F)c2)CCN1. The van der Waals surface area contributed by atoms with Crippen molar-refractivity contribution < 1.29 is 18.4 Å². The highest BCUT2D eigenvalue weighted by Gasteiger charge is 2.29. The number of nitrogens with zero attached hydrogens (tertiary/aromatic N) is 1. The van der Waals surface area contributed by atoms with Crippen molar-refractivity contribution in [1.29, 1.82) is 0 Å². The largest absolute Gasteiger partial charge is 0.354 e. The Morgan fingerprint density at radius 3 is 2.60 bits per heavy atom. The second-order valence-electron chi connectivity index (χ2n) is 5.99. The van der Waals surface area contributed by atoms with E-state index in [2.05, 4.69) is 5.32 Å². The van der Waals surface area contributed by atoms with E-state index in [0.29, 0.717) is 18.7 Å². The lowest BCUT2D eigenvalue weighted by atomic mass is 10.0. The Kier molecular flexibility index (Phi) is 5.07. The van der Waals surface area contributed by atoms with E-state index in [-0.39, 0.29) is 30.7 Å². The van der Waals surface area contributed by atoms with Gasteiger partial charge in [0.05, 0.1) is 18.9 Å². The average Bonchev–Trinajstić information content (AvgIpc) is 2.80. The number of hydrogen-bond acceptors (Lipinski definition) is 2. The van der Waals surface area contributed by atoms with Gasteiger partial charge in [0.1, 0.15) is 0 Å². The van der Waals surface area contributed by atoms with Crippen LogP contribution in [0.1, 0.15) is 23.6 Å². The van der Waals surface area contributed by atoms with Crippen LogP contribution in [0, 0.1) is 11.6 Å². The van der Waals surface area contributed by atoms with Crippen molar-refractivity contribution in [1.82, 2.24) is 10.2 Å². The van der Waals surface area contributed by atoms with Crippen LogP contribution in [-0.4, -0.2) is 29.8 Å². The van der Waals surface area contributed by atoms with Crippen LogP contribution >= 0.6 is 0 Å². The molecule has 1 fully saturated rings. The van der Waals surface area contributed by atoms with Gasteiger partial charge >= 0.3 is 0 Å². The summed E-state index contributed by atoms with van der Waals surface area (Å²) >= 11 is 0. The molecule has 1 heterocycles. The lowest BCUT2D eigenvalue weighted by Crippen LogP contribution is -2.37.